The molecule has 154 valence electrons. The van der Waals surface area contributed by atoms with E-state index in [2.05, 4.69) is 46.5 Å². The third-order valence-electron chi connectivity index (χ3n) is 5.99. The van der Waals surface area contributed by atoms with Gasteiger partial charge in [0.1, 0.15) is 0 Å². The van der Waals surface area contributed by atoms with E-state index in [1.54, 1.807) is 0 Å². The molecule has 5 atom stereocenters. The predicted molar refractivity (Wildman–Crippen MR) is 114 cm³/mol. The summed E-state index contributed by atoms with van der Waals surface area (Å²) in [5.74, 6) is 1.75. The van der Waals surface area contributed by atoms with Crippen LogP contribution >= 0.6 is 12.4 Å². The van der Waals surface area contributed by atoms with Crippen LogP contribution in [-0.2, 0) is 4.79 Å². The summed E-state index contributed by atoms with van der Waals surface area (Å²) in [6.45, 7) is 17.1. The maximum Gasteiger partial charge on any atom is 0.224 e. The lowest BCUT2D eigenvalue weighted by atomic mass is 9.57. The van der Waals surface area contributed by atoms with E-state index in [1.807, 2.05) is 6.92 Å². The number of amides is 1. The first kappa shape index (κ1) is 25.3. The van der Waals surface area contributed by atoms with Crippen molar-refractivity contribution in [1.29, 1.82) is 0 Å². The number of nitrogens with two attached hydrogens (primary N) is 2. The van der Waals surface area contributed by atoms with E-state index in [0.29, 0.717) is 23.7 Å². The summed E-state index contributed by atoms with van der Waals surface area (Å²) in [7, 11) is 0. The first-order chi connectivity index (χ1) is 11.5. The summed E-state index contributed by atoms with van der Waals surface area (Å²) in [5.41, 5.74) is 12.4. The van der Waals surface area contributed by atoms with Gasteiger partial charge in [0.05, 0.1) is 5.41 Å². The van der Waals surface area contributed by atoms with Crippen LogP contribution in [0.1, 0.15) is 73.6 Å². The molecule has 0 spiro atoms. The van der Waals surface area contributed by atoms with Gasteiger partial charge in [-0.15, -0.1) is 12.4 Å². The van der Waals surface area contributed by atoms with E-state index < -0.39 is 5.41 Å². The minimum Gasteiger partial charge on any atom is -0.385 e. The number of carbonyl (C=O) groups excluding carboxylic acids is 1. The van der Waals surface area contributed by atoms with Crippen LogP contribution in [0.5, 0.6) is 0 Å². The highest BCUT2D eigenvalue weighted by atomic mass is 35.5. The largest absolute Gasteiger partial charge is 0.385 e. The van der Waals surface area contributed by atoms with Crippen LogP contribution < -0.4 is 16.8 Å². The molecule has 0 heterocycles. The van der Waals surface area contributed by atoms with Gasteiger partial charge in [-0.25, -0.2) is 0 Å². The SMILES string of the molecule is C=C(N[C@@H](CC(C)C)CC1(C(N)=O)CC(C)CCC1C(C)C)[C@H](C)N.Cl. The van der Waals surface area contributed by atoms with Gasteiger partial charge in [-0.1, -0.05) is 47.6 Å². The lowest BCUT2D eigenvalue weighted by Crippen LogP contribution is -2.52. The number of rotatable bonds is 9. The third-order valence-corrected chi connectivity index (χ3v) is 5.99. The van der Waals surface area contributed by atoms with Gasteiger partial charge in [0.2, 0.25) is 5.91 Å². The molecule has 0 aliphatic heterocycles. The number of halogens is 1. The standard InChI is InChI=1S/C21H41N3O.ClH/c1-13(2)10-18(24-17(7)16(6)22)12-21(20(23)25)11-15(5)8-9-19(21)14(3)4;/h13-16,18-19,24H,7-12,22H2,1-6H3,(H2,23,25);1H/t15?,16-,18-,19?,21?;/m0./s1. The lowest BCUT2D eigenvalue weighted by molar-refractivity contribution is -0.137. The highest BCUT2D eigenvalue weighted by Crippen LogP contribution is 2.50. The Balaban J connectivity index is 0.00000625. The molecule has 1 amide bonds. The maximum absolute atomic E-state index is 12.7. The van der Waals surface area contributed by atoms with Crippen molar-refractivity contribution in [1.82, 2.24) is 5.32 Å². The molecule has 0 aromatic rings. The van der Waals surface area contributed by atoms with Crippen molar-refractivity contribution in [3.8, 4) is 0 Å². The zero-order chi connectivity index (χ0) is 19.4. The maximum atomic E-state index is 12.7. The highest BCUT2D eigenvalue weighted by Gasteiger charge is 2.49. The van der Waals surface area contributed by atoms with Crippen LogP contribution in [0.2, 0.25) is 0 Å². The van der Waals surface area contributed by atoms with Crippen molar-refractivity contribution in [3.63, 3.8) is 0 Å². The Morgan fingerprint density at radius 1 is 1.23 bits per heavy atom. The zero-order valence-corrected chi connectivity index (χ0v) is 18.5. The minimum absolute atomic E-state index is 0. The number of primary amides is 1. The van der Waals surface area contributed by atoms with Crippen LogP contribution in [0.25, 0.3) is 0 Å². The Bertz CT molecular complexity index is 464. The molecule has 0 bridgehead atoms. The predicted octanol–water partition coefficient (Wildman–Crippen LogP) is 4.23. The average molecular weight is 388 g/mol. The second-order valence-electron chi connectivity index (χ2n) is 9.25. The van der Waals surface area contributed by atoms with E-state index >= 15 is 0 Å². The molecule has 1 rings (SSSR count). The lowest BCUT2D eigenvalue weighted by Gasteiger charge is -2.48. The fourth-order valence-electron chi connectivity index (χ4n) is 4.80. The van der Waals surface area contributed by atoms with Crippen LogP contribution in [0.3, 0.4) is 0 Å². The van der Waals surface area contributed by atoms with Gasteiger partial charge >= 0.3 is 0 Å². The van der Waals surface area contributed by atoms with Gasteiger partial charge in [0, 0.05) is 17.8 Å². The van der Waals surface area contributed by atoms with Gasteiger partial charge in [0.15, 0.2) is 0 Å². The fourth-order valence-corrected chi connectivity index (χ4v) is 4.80. The molecule has 1 aliphatic carbocycles. The summed E-state index contributed by atoms with van der Waals surface area (Å²) in [6, 6.07) is 0.0721. The molecule has 1 aliphatic rings. The second kappa shape index (κ2) is 10.6. The Morgan fingerprint density at radius 3 is 2.23 bits per heavy atom. The van der Waals surface area contributed by atoms with Gasteiger partial charge < -0.3 is 16.8 Å². The van der Waals surface area contributed by atoms with Crippen molar-refractivity contribution in [3.05, 3.63) is 12.3 Å². The first-order valence-electron chi connectivity index (χ1n) is 10.00. The molecule has 4 nitrogen and oxygen atoms in total. The first-order valence-corrected chi connectivity index (χ1v) is 10.00. The summed E-state index contributed by atoms with van der Waals surface area (Å²) in [5, 5.41) is 3.52. The van der Waals surface area contributed by atoms with Crippen molar-refractivity contribution in [2.24, 2.45) is 40.6 Å². The molecule has 0 aromatic carbocycles. The molecule has 1 saturated carbocycles. The molecule has 0 saturated heterocycles. The zero-order valence-electron chi connectivity index (χ0n) is 17.7. The van der Waals surface area contributed by atoms with Crippen LogP contribution in [-0.4, -0.2) is 18.0 Å². The van der Waals surface area contributed by atoms with Crippen molar-refractivity contribution in [2.45, 2.75) is 85.7 Å². The molecule has 0 radical (unpaired) electrons. The minimum atomic E-state index is -0.434. The van der Waals surface area contributed by atoms with E-state index in [9.17, 15) is 4.79 Å². The van der Waals surface area contributed by atoms with E-state index in [4.69, 9.17) is 11.5 Å². The Labute approximate surface area is 167 Å². The van der Waals surface area contributed by atoms with E-state index in [0.717, 1.165) is 31.4 Å². The molecule has 5 heteroatoms. The Hall–Kier alpha value is -0.740. The number of nitrogens with one attached hydrogen (secondary N) is 1. The summed E-state index contributed by atoms with van der Waals surface area (Å²) < 4.78 is 0. The highest BCUT2D eigenvalue weighted by molar-refractivity contribution is 5.85. The molecule has 1 fully saturated rings. The smallest absolute Gasteiger partial charge is 0.224 e. The van der Waals surface area contributed by atoms with Crippen LogP contribution in [0.15, 0.2) is 12.3 Å². The third kappa shape index (κ3) is 6.45. The second-order valence-corrected chi connectivity index (χ2v) is 9.25. The van der Waals surface area contributed by atoms with Crippen LogP contribution in [0, 0.1) is 29.1 Å². The molecule has 3 unspecified atom stereocenters. The Morgan fingerprint density at radius 2 is 1.81 bits per heavy atom. The molecule has 5 N–H and O–H groups in total. The monoisotopic (exact) mass is 387 g/mol. The summed E-state index contributed by atoms with van der Waals surface area (Å²) in [6.07, 6.45) is 4.93. The molecular weight excluding hydrogens is 346 g/mol. The Kier molecular flexibility index (Phi) is 10.3. The summed E-state index contributed by atoms with van der Waals surface area (Å²) in [4.78, 5) is 12.7. The fraction of sp³-hybridized carbons (Fsp3) is 0.857. The summed E-state index contributed by atoms with van der Waals surface area (Å²) >= 11 is 0. The number of carbonyl (C=O) groups is 1. The van der Waals surface area contributed by atoms with E-state index in [1.165, 1.54) is 6.42 Å². The van der Waals surface area contributed by atoms with E-state index in [-0.39, 0.29) is 30.4 Å². The van der Waals surface area contributed by atoms with Gasteiger partial charge in [-0.3, -0.25) is 4.79 Å². The number of hydrogen-bond acceptors (Lipinski definition) is 3. The van der Waals surface area contributed by atoms with Crippen LogP contribution in [0.4, 0.5) is 0 Å². The van der Waals surface area contributed by atoms with Gasteiger partial charge in [0.25, 0.3) is 0 Å². The molecule has 0 aromatic heterocycles. The van der Waals surface area contributed by atoms with Gasteiger partial charge in [-0.2, -0.15) is 0 Å². The normalized spacial score (nSPS) is 28.3. The number of hydrogen-bond donors (Lipinski definition) is 3. The molecule has 26 heavy (non-hydrogen) atoms. The topological polar surface area (TPSA) is 81.1 Å². The average Bonchev–Trinajstić information content (AvgIpc) is 2.45. The van der Waals surface area contributed by atoms with Gasteiger partial charge in [-0.05, 0) is 56.3 Å². The molecular formula is C21H42ClN3O. The quantitative estimate of drug-likeness (QED) is 0.553. The van der Waals surface area contributed by atoms with Crippen molar-refractivity contribution < 1.29 is 4.79 Å². The van der Waals surface area contributed by atoms with Crippen molar-refractivity contribution >= 4 is 18.3 Å². The van der Waals surface area contributed by atoms with Crippen molar-refractivity contribution in [2.75, 3.05) is 0 Å².